The first-order valence-corrected chi connectivity index (χ1v) is 8.99. The number of nitrogens with one attached hydrogen (secondary N) is 2. The molecular weight excluding hydrogens is 399 g/mol. The van der Waals surface area contributed by atoms with Crippen molar-refractivity contribution in [1.29, 1.82) is 0 Å². The zero-order valence-corrected chi connectivity index (χ0v) is 15.4. The molecule has 2 aromatic carbocycles. The van der Waals surface area contributed by atoms with E-state index in [1.54, 1.807) is 0 Å². The molecule has 0 aliphatic carbocycles. The number of nitrogens with zero attached hydrogens (tertiary/aromatic N) is 2. The number of para-hydroxylation sites is 2. The molecule has 0 saturated heterocycles. The number of halogens is 2. The third-order valence-corrected chi connectivity index (χ3v) is 4.82. The summed E-state index contributed by atoms with van der Waals surface area (Å²) in [5.41, 5.74) is 4.20. The van der Waals surface area contributed by atoms with Crippen LogP contribution in [0, 0.1) is 0 Å². The van der Waals surface area contributed by atoms with Crippen molar-refractivity contribution < 1.29 is 15.0 Å². The summed E-state index contributed by atoms with van der Waals surface area (Å²) in [6.45, 7) is 0. The Balaban J connectivity index is 1.58. The van der Waals surface area contributed by atoms with Crippen LogP contribution < -0.4 is 5.43 Å². The molecule has 0 bridgehead atoms. The van der Waals surface area contributed by atoms with E-state index in [-0.39, 0.29) is 33.0 Å². The molecule has 7 nitrogen and oxygen atoms in total. The van der Waals surface area contributed by atoms with Crippen LogP contribution >= 0.6 is 35.0 Å². The summed E-state index contributed by atoms with van der Waals surface area (Å²) in [6, 6.07) is 8.83. The lowest BCUT2D eigenvalue weighted by Crippen LogP contribution is -2.19. The van der Waals surface area contributed by atoms with E-state index in [1.165, 1.54) is 24.0 Å². The summed E-state index contributed by atoms with van der Waals surface area (Å²) in [6.07, 6.45) is 1.18. The highest BCUT2D eigenvalue weighted by molar-refractivity contribution is 7.99. The van der Waals surface area contributed by atoms with Crippen molar-refractivity contribution in [2.24, 2.45) is 5.10 Å². The normalized spacial score (nSPS) is 11.3. The quantitative estimate of drug-likeness (QED) is 0.292. The first-order chi connectivity index (χ1) is 12.5. The summed E-state index contributed by atoms with van der Waals surface area (Å²) < 4.78 is 0. The molecule has 0 aliphatic rings. The Labute approximate surface area is 162 Å². The molecule has 0 unspecified atom stereocenters. The Hall–Kier alpha value is -2.42. The Morgan fingerprint density at radius 3 is 2.85 bits per heavy atom. The number of H-pyrrole nitrogens is 1. The number of thioether (sulfide) groups is 1. The molecule has 0 fully saturated rings. The lowest BCUT2D eigenvalue weighted by atomic mass is 10.2. The first kappa shape index (κ1) is 18.4. The third kappa shape index (κ3) is 4.04. The zero-order chi connectivity index (χ0) is 18.7. The van der Waals surface area contributed by atoms with Crippen LogP contribution in [0.4, 0.5) is 0 Å². The highest BCUT2D eigenvalue weighted by Crippen LogP contribution is 2.40. The second-order valence-electron chi connectivity index (χ2n) is 5.10. The van der Waals surface area contributed by atoms with E-state index in [1.807, 2.05) is 24.3 Å². The van der Waals surface area contributed by atoms with Gasteiger partial charge in [0.05, 0.1) is 28.0 Å². The van der Waals surface area contributed by atoms with Crippen molar-refractivity contribution in [3.8, 4) is 11.5 Å². The van der Waals surface area contributed by atoms with Gasteiger partial charge in [-0.1, -0.05) is 47.1 Å². The fourth-order valence-corrected chi connectivity index (χ4v) is 3.20. The van der Waals surface area contributed by atoms with E-state index in [2.05, 4.69) is 20.5 Å². The number of amides is 1. The molecule has 10 heteroatoms. The van der Waals surface area contributed by atoms with Crippen LogP contribution in [0.15, 0.2) is 40.6 Å². The van der Waals surface area contributed by atoms with Crippen molar-refractivity contribution in [3.63, 3.8) is 0 Å². The van der Waals surface area contributed by atoms with Gasteiger partial charge in [0.1, 0.15) is 10.8 Å². The Morgan fingerprint density at radius 2 is 2.08 bits per heavy atom. The number of benzene rings is 2. The van der Waals surface area contributed by atoms with Gasteiger partial charge in [-0.3, -0.25) is 4.79 Å². The van der Waals surface area contributed by atoms with E-state index >= 15 is 0 Å². The highest BCUT2D eigenvalue weighted by Gasteiger charge is 2.13. The summed E-state index contributed by atoms with van der Waals surface area (Å²) in [7, 11) is 0. The number of hydrogen-bond acceptors (Lipinski definition) is 6. The van der Waals surface area contributed by atoms with E-state index in [0.717, 1.165) is 11.0 Å². The number of fused-ring (bicyclic) bond motifs is 1. The molecular formula is C16H12Cl2N4O3S. The van der Waals surface area contributed by atoms with Crippen LogP contribution in [0.1, 0.15) is 5.56 Å². The number of phenols is 2. The molecule has 0 aliphatic heterocycles. The maximum Gasteiger partial charge on any atom is 0.250 e. The van der Waals surface area contributed by atoms with Crippen LogP contribution in [0.2, 0.25) is 10.0 Å². The fourth-order valence-electron chi connectivity index (χ4n) is 2.05. The average Bonchev–Trinajstić information content (AvgIpc) is 3.05. The van der Waals surface area contributed by atoms with Gasteiger partial charge < -0.3 is 15.2 Å². The molecule has 26 heavy (non-hydrogen) atoms. The minimum atomic E-state index is -0.422. The highest BCUT2D eigenvalue weighted by atomic mass is 35.5. The SMILES string of the molecule is O=C(CSc1nc2ccccc2[nH]1)N/N=C\c1cc(Cl)c(O)c(Cl)c1O. The van der Waals surface area contributed by atoms with Gasteiger partial charge in [0.15, 0.2) is 10.9 Å². The lowest BCUT2D eigenvalue weighted by Gasteiger charge is -2.05. The predicted molar refractivity (Wildman–Crippen MR) is 102 cm³/mol. The maximum atomic E-state index is 11.9. The molecule has 3 rings (SSSR count). The van der Waals surface area contributed by atoms with E-state index in [4.69, 9.17) is 23.2 Å². The molecule has 0 radical (unpaired) electrons. The predicted octanol–water partition coefficient (Wildman–Crippen LogP) is 3.52. The molecule has 0 saturated carbocycles. The number of aromatic nitrogens is 2. The monoisotopic (exact) mass is 410 g/mol. The number of hydrazone groups is 1. The fraction of sp³-hybridized carbons (Fsp3) is 0.0625. The largest absolute Gasteiger partial charge is 0.506 e. The Bertz CT molecular complexity index is 974. The van der Waals surface area contributed by atoms with Crippen molar-refractivity contribution in [3.05, 3.63) is 45.9 Å². The summed E-state index contributed by atoms with van der Waals surface area (Å²) >= 11 is 12.7. The van der Waals surface area contributed by atoms with Gasteiger partial charge in [0, 0.05) is 5.56 Å². The number of carbonyl (C=O) groups is 1. The molecule has 0 atom stereocenters. The second-order valence-corrected chi connectivity index (χ2v) is 6.85. The van der Waals surface area contributed by atoms with Gasteiger partial charge in [-0.05, 0) is 18.2 Å². The maximum absolute atomic E-state index is 11.9. The third-order valence-electron chi connectivity index (χ3n) is 3.30. The Kier molecular flexibility index (Phi) is 5.55. The molecule has 1 amide bonds. The molecule has 3 aromatic rings. The van der Waals surface area contributed by atoms with Crippen molar-refractivity contribution in [1.82, 2.24) is 15.4 Å². The number of rotatable bonds is 5. The van der Waals surface area contributed by atoms with Gasteiger partial charge in [-0.2, -0.15) is 5.10 Å². The summed E-state index contributed by atoms with van der Waals surface area (Å²) in [4.78, 5) is 19.3. The second kappa shape index (κ2) is 7.86. The topological polar surface area (TPSA) is 111 Å². The Morgan fingerprint density at radius 1 is 1.31 bits per heavy atom. The number of aromatic hydroxyl groups is 2. The number of carbonyl (C=O) groups excluding carboxylic acids is 1. The number of imidazole rings is 1. The summed E-state index contributed by atoms with van der Waals surface area (Å²) in [5, 5.41) is 23.4. The number of phenolic OH excluding ortho intramolecular Hbond substituents is 2. The smallest absolute Gasteiger partial charge is 0.250 e. The van der Waals surface area contributed by atoms with Gasteiger partial charge in [-0.15, -0.1) is 0 Å². The molecule has 1 aromatic heterocycles. The van der Waals surface area contributed by atoms with E-state index in [9.17, 15) is 15.0 Å². The van der Waals surface area contributed by atoms with Crippen molar-refractivity contribution >= 4 is 58.1 Å². The molecule has 134 valence electrons. The van der Waals surface area contributed by atoms with E-state index in [0.29, 0.717) is 5.16 Å². The molecule has 1 heterocycles. The summed E-state index contributed by atoms with van der Waals surface area (Å²) in [5.74, 6) is -1.07. The van der Waals surface area contributed by atoms with Crippen molar-refractivity contribution in [2.75, 3.05) is 5.75 Å². The number of aromatic amines is 1. The van der Waals surface area contributed by atoms with E-state index < -0.39 is 5.75 Å². The van der Waals surface area contributed by atoms with Crippen LogP contribution in [0.3, 0.4) is 0 Å². The van der Waals surface area contributed by atoms with Crippen molar-refractivity contribution in [2.45, 2.75) is 5.16 Å². The average molecular weight is 411 g/mol. The van der Waals surface area contributed by atoms with Crippen LogP contribution in [-0.4, -0.2) is 38.1 Å². The van der Waals surface area contributed by atoms with Gasteiger partial charge in [-0.25, -0.2) is 10.4 Å². The van der Waals surface area contributed by atoms with Gasteiger partial charge in [0.2, 0.25) is 0 Å². The van der Waals surface area contributed by atoms with Gasteiger partial charge >= 0.3 is 0 Å². The number of hydrogen-bond donors (Lipinski definition) is 4. The molecule has 0 spiro atoms. The van der Waals surface area contributed by atoms with Crippen LogP contribution in [0.25, 0.3) is 11.0 Å². The molecule has 4 N–H and O–H groups in total. The van der Waals surface area contributed by atoms with Gasteiger partial charge in [0.25, 0.3) is 5.91 Å². The minimum Gasteiger partial charge on any atom is -0.506 e. The van der Waals surface area contributed by atoms with Crippen LogP contribution in [-0.2, 0) is 4.79 Å². The zero-order valence-electron chi connectivity index (χ0n) is 13.0. The first-order valence-electron chi connectivity index (χ1n) is 7.25. The lowest BCUT2D eigenvalue weighted by molar-refractivity contribution is -0.118. The minimum absolute atomic E-state index is 0.0407. The van der Waals surface area contributed by atoms with Crippen LogP contribution in [0.5, 0.6) is 11.5 Å². The standard InChI is InChI=1S/C16H12Cl2N4O3S/c17-9-5-8(14(24)13(18)15(9)25)6-19-22-12(23)7-26-16-20-10-3-1-2-4-11(10)21-16/h1-6,24-25H,7H2,(H,20,21)(H,22,23)/b19-6-.